The molecule has 2 amide bonds. The van der Waals surface area contributed by atoms with E-state index >= 15 is 0 Å². The van der Waals surface area contributed by atoms with Crippen molar-refractivity contribution in [2.24, 2.45) is 0 Å². The quantitative estimate of drug-likeness (QED) is 0.884. The summed E-state index contributed by atoms with van der Waals surface area (Å²) >= 11 is 0. The number of aryl methyl sites for hydroxylation is 1. The predicted molar refractivity (Wildman–Crippen MR) is 95.3 cm³/mol. The van der Waals surface area contributed by atoms with Crippen LogP contribution in [0.5, 0.6) is 0 Å². The third-order valence-electron chi connectivity index (χ3n) is 4.10. The van der Waals surface area contributed by atoms with Crippen LogP contribution in [0.3, 0.4) is 0 Å². The maximum absolute atomic E-state index is 12.5. The minimum absolute atomic E-state index is 0.0618. The topological polar surface area (TPSA) is 71.1 Å². The number of nitrogens with zero attached hydrogens (tertiary/aromatic N) is 1. The molecule has 0 aliphatic carbocycles. The summed E-state index contributed by atoms with van der Waals surface area (Å²) in [6, 6.07) is 8.92. The van der Waals surface area contributed by atoms with Crippen LogP contribution in [0.15, 0.2) is 36.5 Å². The van der Waals surface area contributed by atoms with E-state index in [4.69, 9.17) is 0 Å². The van der Waals surface area contributed by atoms with Crippen molar-refractivity contribution in [3.05, 3.63) is 58.9 Å². The first-order valence-electron chi connectivity index (χ1n) is 8.06. The molecule has 0 spiro atoms. The molecule has 1 unspecified atom stereocenters. The Balaban J connectivity index is 2.17. The van der Waals surface area contributed by atoms with Gasteiger partial charge >= 0.3 is 0 Å². The number of amides is 2. The fraction of sp³-hybridized carbons (Fsp3) is 0.316. The minimum Gasteiger partial charge on any atom is -0.348 e. The smallest absolute Gasteiger partial charge is 0.270 e. The number of carbonyl (C=O) groups excluding carboxylic acids is 2. The average molecular weight is 325 g/mol. The molecule has 0 bridgehead atoms. The van der Waals surface area contributed by atoms with E-state index in [1.54, 1.807) is 6.07 Å². The Hall–Kier alpha value is -2.69. The number of carbonyl (C=O) groups is 2. The largest absolute Gasteiger partial charge is 0.348 e. The molecule has 1 heterocycles. The van der Waals surface area contributed by atoms with Gasteiger partial charge in [0.2, 0.25) is 0 Å². The molecule has 5 nitrogen and oxygen atoms in total. The number of rotatable bonds is 5. The van der Waals surface area contributed by atoms with Gasteiger partial charge in [0.25, 0.3) is 11.8 Å². The van der Waals surface area contributed by atoms with Gasteiger partial charge in [0.15, 0.2) is 0 Å². The molecule has 1 atom stereocenters. The fourth-order valence-electron chi connectivity index (χ4n) is 2.18. The molecule has 2 N–H and O–H groups in total. The van der Waals surface area contributed by atoms with Crippen molar-refractivity contribution < 1.29 is 9.59 Å². The molecule has 1 aromatic carbocycles. The van der Waals surface area contributed by atoms with Crippen LogP contribution in [0.25, 0.3) is 0 Å². The van der Waals surface area contributed by atoms with Crippen molar-refractivity contribution in [3.8, 4) is 0 Å². The molecule has 24 heavy (non-hydrogen) atoms. The van der Waals surface area contributed by atoms with E-state index in [0.29, 0.717) is 5.56 Å². The van der Waals surface area contributed by atoms with Crippen LogP contribution in [-0.2, 0) is 0 Å². The molecule has 1 aromatic heterocycles. The van der Waals surface area contributed by atoms with E-state index in [-0.39, 0.29) is 23.6 Å². The second-order valence-corrected chi connectivity index (χ2v) is 5.91. The first-order chi connectivity index (χ1) is 11.4. The lowest BCUT2D eigenvalue weighted by molar-refractivity contribution is 0.0934. The highest BCUT2D eigenvalue weighted by Gasteiger charge is 2.14. The summed E-state index contributed by atoms with van der Waals surface area (Å²) in [7, 11) is 0. The van der Waals surface area contributed by atoms with Crippen molar-refractivity contribution in [3.63, 3.8) is 0 Å². The SMILES string of the molecule is CCC(C)NC(=O)c1cc(C(=O)Nc2cccc(C)c2C)ccn1. The summed E-state index contributed by atoms with van der Waals surface area (Å²) in [5.41, 5.74) is 3.54. The lowest BCUT2D eigenvalue weighted by Gasteiger charge is -2.12. The van der Waals surface area contributed by atoms with E-state index in [2.05, 4.69) is 15.6 Å². The predicted octanol–water partition coefficient (Wildman–Crippen LogP) is 3.48. The summed E-state index contributed by atoms with van der Waals surface area (Å²) in [6.45, 7) is 7.87. The van der Waals surface area contributed by atoms with Gasteiger partial charge in [-0.25, -0.2) is 0 Å². The summed E-state index contributed by atoms with van der Waals surface area (Å²) in [5.74, 6) is -0.533. The molecule has 0 aliphatic rings. The highest BCUT2D eigenvalue weighted by molar-refractivity contribution is 6.06. The average Bonchev–Trinajstić information content (AvgIpc) is 2.58. The van der Waals surface area contributed by atoms with E-state index in [0.717, 1.165) is 23.2 Å². The van der Waals surface area contributed by atoms with Gasteiger partial charge in [0.1, 0.15) is 5.69 Å². The van der Waals surface area contributed by atoms with Gasteiger partial charge in [-0.3, -0.25) is 14.6 Å². The van der Waals surface area contributed by atoms with Gasteiger partial charge < -0.3 is 10.6 Å². The molecular formula is C19H23N3O2. The van der Waals surface area contributed by atoms with Crippen LogP contribution in [0.2, 0.25) is 0 Å². The van der Waals surface area contributed by atoms with Crippen LogP contribution in [0.1, 0.15) is 52.2 Å². The Kier molecular flexibility index (Phi) is 5.68. The Bertz CT molecular complexity index is 756. The number of nitrogens with one attached hydrogen (secondary N) is 2. The Labute approximate surface area is 142 Å². The highest BCUT2D eigenvalue weighted by atomic mass is 16.2. The lowest BCUT2D eigenvalue weighted by atomic mass is 10.1. The normalized spacial score (nSPS) is 11.7. The van der Waals surface area contributed by atoms with E-state index in [1.165, 1.54) is 12.3 Å². The number of anilines is 1. The van der Waals surface area contributed by atoms with Gasteiger partial charge in [-0.2, -0.15) is 0 Å². The monoisotopic (exact) mass is 325 g/mol. The zero-order valence-corrected chi connectivity index (χ0v) is 14.5. The molecule has 0 aliphatic heterocycles. The standard InChI is InChI=1S/C19H23N3O2/c1-5-13(3)21-19(24)17-11-15(9-10-20-17)18(23)22-16-8-6-7-12(2)14(16)4/h6-11,13H,5H2,1-4H3,(H,21,24)(H,22,23). The third-order valence-corrected chi connectivity index (χ3v) is 4.10. The second-order valence-electron chi connectivity index (χ2n) is 5.91. The maximum Gasteiger partial charge on any atom is 0.270 e. The van der Waals surface area contributed by atoms with Crippen molar-refractivity contribution in [2.75, 3.05) is 5.32 Å². The van der Waals surface area contributed by atoms with Crippen molar-refractivity contribution in [1.29, 1.82) is 0 Å². The molecule has 0 saturated heterocycles. The summed E-state index contributed by atoms with van der Waals surface area (Å²) < 4.78 is 0. The van der Waals surface area contributed by atoms with Gasteiger partial charge in [0.05, 0.1) is 0 Å². The van der Waals surface area contributed by atoms with Crippen molar-refractivity contribution in [1.82, 2.24) is 10.3 Å². The zero-order chi connectivity index (χ0) is 17.7. The first-order valence-corrected chi connectivity index (χ1v) is 8.06. The number of pyridine rings is 1. The number of benzene rings is 1. The fourth-order valence-corrected chi connectivity index (χ4v) is 2.18. The van der Waals surface area contributed by atoms with Crippen LogP contribution in [-0.4, -0.2) is 22.8 Å². The van der Waals surface area contributed by atoms with E-state index in [1.807, 2.05) is 45.9 Å². The third kappa shape index (κ3) is 4.19. The van der Waals surface area contributed by atoms with E-state index in [9.17, 15) is 9.59 Å². The van der Waals surface area contributed by atoms with Crippen molar-refractivity contribution in [2.45, 2.75) is 40.2 Å². The van der Waals surface area contributed by atoms with Crippen LogP contribution < -0.4 is 10.6 Å². The second kappa shape index (κ2) is 7.73. The van der Waals surface area contributed by atoms with Gasteiger partial charge in [-0.1, -0.05) is 19.1 Å². The van der Waals surface area contributed by atoms with Crippen LogP contribution in [0, 0.1) is 13.8 Å². The molecule has 126 valence electrons. The molecule has 2 aromatic rings. The minimum atomic E-state index is -0.272. The Morgan fingerprint density at radius 2 is 1.92 bits per heavy atom. The summed E-state index contributed by atoms with van der Waals surface area (Å²) in [6.07, 6.45) is 2.31. The Morgan fingerprint density at radius 3 is 2.62 bits per heavy atom. The number of hydrogen-bond donors (Lipinski definition) is 2. The van der Waals surface area contributed by atoms with Crippen LogP contribution in [0.4, 0.5) is 5.69 Å². The maximum atomic E-state index is 12.5. The van der Waals surface area contributed by atoms with Crippen LogP contribution >= 0.6 is 0 Å². The van der Waals surface area contributed by atoms with Gasteiger partial charge in [0, 0.05) is 23.5 Å². The van der Waals surface area contributed by atoms with Gasteiger partial charge in [-0.15, -0.1) is 0 Å². The Morgan fingerprint density at radius 1 is 1.17 bits per heavy atom. The van der Waals surface area contributed by atoms with Gasteiger partial charge in [-0.05, 0) is 56.5 Å². The number of aromatic nitrogens is 1. The molecule has 0 saturated carbocycles. The molecule has 5 heteroatoms. The molecule has 0 radical (unpaired) electrons. The highest BCUT2D eigenvalue weighted by Crippen LogP contribution is 2.19. The zero-order valence-electron chi connectivity index (χ0n) is 14.5. The molecule has 2 rings (SSSR count). The summed E-state index contributed by atoms with van der Waals surface area (Å²) in [5, 5.41) is 5.73. The first kappa shape index (κ1) is 17.7. The lowest BCUT2D eigenvalue weighted by Crippen LogP contribution is -2.32. The number of hydrogen-bond acceptors (Lipinski definition) is 3. The molecule has 0 fully saturated rings. The van der Waals surface area contributed by atoms with Crippen molar-refractivity contribution >= 4 is 17.5 Å². The summed E-state index contributed by atoms with van der Waals surface area (Å²) in [4.78, 5) is 28.7. The molecular weight excluding hydrogens is 302 g/mol. The van der Waals surface area contributed by atoms with E-state index < -0.39 is 0 Å².